The number of hydrogen-bond acceptors (Lipinski definition) is 4. The largest absolute Gasteiger partial charge is 0.361 e. The number of carbonyl (C=O) groups is 3. The fourth-order valence-corrected chi connectivity index (χ4v) is 7.29. The third kappa shape index (κ3) is 7.16. The predicted molar refractivity (Wildman–Crippen MR) is 187 cm³/mol. The maximum Gasteiger partial charge on any atom is 0.318 e. The van der Waals surface area contributed by atoms with Gasteiger partial charge in [-0.1, -0.05) is 54.9 Å². The van der Waals surface area contributed by atoms with Crippen molar-refractivity contribution in [3.63, 3.8) is 0 Å². The van der Waals surface area contributed by atoms with E-state index in [1.807, 2.05) is 105 Å². The van der Waals surface area contributed by atoms with E-state index in [9.17, 15) is 14.4 Å². The Morgan fingerprint density at radius 3 is 2.47 bits per heavy atom. The molecule has 47 heavy (non-hydrogen) atoms. The second kappa shape index (κ2) is 14.2. The van der Waals surface area contributed by atoms with Gasteiger partial charge in [0.05, 0.1) is 0 Å². The monoisotopic (exact) mass is 654 g/mol. The fraction of sp³-hybridized carbons (Fsp3) is 0.378. The zero-order valence-corrected chi connectivity index (χ0v) is 28.0. The van der Waals surface area contributed by atoms with Crippen LogP contribution in [-0.4, -0.2) is 96.9 Å². The highest BCUT2D eigenvalue weighted by Gasteiger charge is 2.38. The predicted octanol–water partition coefficient (Wildman–Crippen LogP) is 5.62. The first-order chi connectivity index (χ1) is 22.7. The Balaban J connectivity index is 1.28. The van der Waals surface area contributed by atoms with E-state index >= 15 is 0 Å². The second-order valence-corrected chi connectivity index (χ2v) is 13.5. The van der Waals surface area contributed by atoms with Crippen LogP contribution in [0, 0.1) is 5.92 Å². The lowest BCUT2D eigenvalue weighted by Gasteiger charge is -2.39. The minimum absolute atomic E-state index is 0.0370. The summed E-state index contributed by atoms with van der Waals surface area (Å²) in [4.78, 5) is 52.9. The van der Waals surface area contributed by atoms with Crippen molar-refractivity contribution < 1.29 is 14.4 Å². The van der Waals surface area contributed by atoms with Crippen LogP contribution >= 0.6 is 11.6 Å². The lowest BCUT2D eigenvalue weighted by molar-refractivity contribution is -0.121. The summed E-state index contributed by atoms with van der Waals surface area (Å²) in [5, 5.41) is 4.84. The number of anilines is 1. The number of aromatic nitrogens is 1. The van der Waals surface area contributed by atoms with Gasteiger partial charge in [-0.25, -0.2) is 4.79 Å². The number of nitrogens with one attached hydrogen (secondary N) is 2. The number of fused-ring (bicyclic) bond motifs is 2. The van der Waals surface area contributed by atoms with Gasteiger partial charge in [-0.05, 0) is 80.4 Å². The summed E-state index contributed by atoms with van der Waals surface area (Å²) in [5.41, 5.74) is 4.45. The number of nitrogens with zero attached hydrogens (tertiary/aromatic N) is 4. The van der Waals surface area contributed by atoms with E-state index in [1.54, 1.807) is 9.80 Å². The maximum absolute atomic E-state index is 14.8. The molecule has 3 heterocycles. The van der Waals surface area contributed by atoms with Crippen LogP contribution < -0.4 is 10.2 Å². The molecular weight excluding hydrogens is 612 g/mol. The molecule has 0 spiro atoms. The number of amides is 4. The molecule has 2 aliphatic heterocycles. The van der Waals surface area contributed by atoms with Gasteiger partial charge in [0.1, 0.15) is 6.04 Å². The molecule has 0 unspecified atom stereocenters. The highest BCUT2D eigenvalue weighted by atomic mass is 35.5. The van der Waals surface area contributed by atoms with Crippen LogP contribution in [0.1, 0.15) is 40.7 Å². The molecule has 4 amide bonds. The number of rotatable bonds is 7. The lowest BCUT2D eigenvalue weighted by atomic mass is 9.88. The fourth-order valence-electron chi connectivity index (χ4n) is 7.09. The molecule has 246 valence electrons. The summed E-state index contributed by atoms with van der Waals surface area (Å²) < 4.78 is 0. The number of H-pyrrole nitrogens is 1. The summed E-state index contributed by atoms with van der Waals surface area (Å²) in [6.07, 6.45) is 3.41. The standard InChI is InChI=1S/C37H43ClN6O3/c1-25(31-22-39-32-13-8-7-12-30(31)32)34(36(46)44-24-26(23-41(2)3)20-28-21-29(38)14-15-33(28)44)40-37(47)43-17-9-16-42(18-19-43)35(45)27-10-5-4-6-11-27/h4-8,10-15,21-22,25-26,34,39H,9,16-20,23-24H2,1-3H3,(H,40,47)/t25-,26-,34-/m1/s1. The highest BCUT2D eigenvalue weighted by Crippen LogP contribution is 2.35. The van der Waals surface area contributed by atoms with Crippen molar-refractivity contribution in [2.75, 3.05) is 58.3 Å². The van der Waals surface area contributed by atoms with Crippen molar-refractivity contribution in [3.8, 4) is 0 Å². The van der Waals surface area contributed by atoms with Gasteiger partial charge in [0, 0.05) is 78.6 Å². The van der Waals surface area contributed by atoms with Gasteiger partial charge < -0.3 is 29.9 Å². The van der Waals surface area contributed by atoms with Gasteiger partial charge in [0.15, 0.2) is 0 Å². The first-order valence-corrected chi connectivity index (χ1v) is 16.8. The van der Waals surface area contributed by atoms with Gasteiger partial charge in [0.2, 0.25) is 5.91 Å². The maximum atomic E-state index is 14.8. The van der Waals surface area contributed by atoms with E-state index in [2.05, 4.69) is 15.2 Å². The number of aromatic amines is 1. The molecule has 4 aromatic rings. The van der Waals surface area contributed by atoms with Crippen molar-refractivity contribution in [1.82, 2.24) is 25.0 Å². The molecule has 3 aromatic carbocycles. The summed E-state index contributed by atoms with van der Waals surface area (Å²) >= 11 is 6.42. The molecule has 2 N–H and O–H groups in total. The average Bonchev–Trinajstić information content (AvgIpc) is 3.34. The molecule has 1 aromatic heterocycles. The number of benzene rings is 3. The first-order valence-electron chi connectivity index (χ1n) is 16.4. The minimum Gasteiger partial charge on any atom is -0.361 e. The Morgan fingerprint density at radius 2 is 1.68 bits per heavy atom. The van der Waals surface area contributed by atoms with Gasteiger partial charge in [0.25, 0.3) is 5.91 Å². The normalized spacial score (nSPS) is 18.1. The van der Waals surface area contributed by atoms with E-state index in [4.69, 9.17) is 11.6 Å². The van der Waals surface area contributed by atoms with Gasteiger partial charge in [-0.3, -0.25) is 9.59 Å². The highest BCUT2D eigenvalue weighted by molar-refractivity contribution is 6.30. The summed E-state index contributed by atoms with van der Waals surface area (Å²) in [7, 11) is 4.08. The van der Waals surface area contributed by atoms with Gasteiger partial charge >= 0.3 is 6.03 Å². The number of halogens is 1. The van der Waals surface area contributed by atoms with Crippen molar-refractivity contribution in [2.24, 2.45) is 5.92 Å². The number of carbonyl (C=O) groups excluding carboxylic acids is 3. The minimum atomic E-state index is -0.839. The van der Waals surface area contributed by atoms with Crippen LogP contribution in [0.2, 0.25) is 5.02 Å². The van der Waals surface area contributed by atoms with E-state index in [-0.39, 0.29) is 29.7 Å². The molecule has 10 heteroatoms. The van der Waals surface area contributed by atoms with Crippen LogP contribution in [0.25, 0.3) is 10.9 Å². The Morgan fingerprint density at radius 1 is 0.957 bits per heavy atom. The van der Waals surface area contributed by atoms with Crippen LogP contribution in [-0.2, 0) is 11.2 Å². The quantitative estimate of drug-likeness (QED) is 0.271. The third-order valence-corrected chi connectivity index (χ3v) is 9.65. The van der Waals surface area contributed by atoms with Crippen molar-refractivity contribution in [2.45, 2.75) is 31.7 Å². The van der Waals surface area contributed by atoms with Crippen molar-refractivity contribution in [1.29, 1.82) is 0 Å². The number of hydrogen-bond donors (Lipinski definition) is 2. The number of para-hydroxylation sites is 1. The van der Waals surface area contributed by atoms with Crippen molar-refractivity contribution in [3.05, 3.63) is 101 Å². The smallest absolute Gasteiger partial charge is 0.318 e. The topological polar surface area (TPSA) is 92.0 Å². The molecule has 0 aliphatic carbocycles. The molecule has 0 radical (unpaired) electrons. The zero-order valence-electron chi connectivity index (χ0n) is 27.3. The van der Waals surface area contributed by atoms with Gasteiger partial charge in [-0.15, -0.1) is 0 Å². The van der Waals surface area contributed by atoms with Crippen LogP contribution in [0.3, 0.4) is 0 Å². The number of urea groups is 1. The Hall–Kier alpha value is -4.34. The molecule has 9 nitrogen and oxygen atoms in total. The Kier molecular flexibility index (Phi) is 9.84. The first kappa shape index (κ1) is 32.6. The molecule has 6 rings (SSSR count). The molecule has 1 fully saturated rings. The molecule has 0 bridgehead atoms. The van der Waals surface area contributed by atoms with E-state index < -0.39 is 6.04 Å². The zero-order chi connectivity index (χ0) is 33.1. The third-order valence-electron chi connectivity index (χ3n) is 9.42. The Bertz CT molecular complexity index is 1740. The van der Waals surface area contributed by atoms with E-state index in [0.717, 1.165) is 40.7 Å². The van der Waals surface area contributed by atoms with Gasteiger partial charge in [-0.2, -0.15) is 0 Å². The molecule has 3 atom stereocenters. The summed E-state index contributed by atoms with van der Waals surface area (Å²) in [5.74, 6) is -0.321. The molecular formula is C37H43ClN6O3. The van der Waals surface area contributed by atoms with E-state index in [0.29, 0.717) is 49.7 Å². The molecule has 0 saturated carbocycles. The van der Waals surface area contributed by atoms with Crippen molar-refractivity contribution >= 4 is 46.0 Å². The molecule has 2 aliphatic rings. The van der Waals surface area contributed by atoms with Crippen LogP contribution in [0.5, 0.6) is 0 Å². The SMILES string of the molecule is C[C@H](c1c[nH]c2ccccc12)[C@@H](NC(=O)N1CCCN(C(=O)c2ccccc2)CC1)C(=O)N1C[C@@H](CN(C)C)Cc2cc(Cl)ccc21. The Labute approximate surface area is 281 Å². The second-order valence-electron chi connectivity index (χ2n) is 13.1. The summed E-state index contributed by atoms with van der Waals surface area (Å²) in [6, 6.07) is 21.8. The molecule has 1 saturated heterocycles. The average molecular weight is 655 g/mol. The van der Waals surface area contributed by atoms with Crippen LogP contribution in [0.15, 0.2) is 79.0 Å². The van der Waals surface area contributed by atoms with Crippen LogP contribution in [0.4, 0.5) is 10.5 Å². The van der Waals surface area contributed by atoms with E-state index in [1.165, 1.54) is 0 Å². The lowest BCUT2D eigenvalue weighted by Crippen LogP contribution is -2.56. The summed E-state index contributed by atoms with van der Waals surface area (Å²) in [6.45, 7) is 5.21.